The number of aromatic amines is 1. The van der Waals surface area contributed by atoms with E-state index in [1.54, 1.807) is 6.07 Å². The highest BCUT2D eigenvalue weighted by Gasteiger charge is 2.39. The SMILES string of the molecule is NC(=O)C(=O)OC1CN(C(=O)c2ccc(Nc3nccn4c(-c5cn[nH]c5C(F)(F)F)cnc34)cc2Cl)CCN1C1CCC(N)CC1. The third-order valence-electron chi connectivity index (χ3n) is 8.41. The topological polar surface area (TPSA) is 190 Å². The predicted octanol–water partition coefficient (Wildman–Crippen LogP) is 2.92. The number of primary amides is 1. The molecule has 4 aromatic rings. The number of nitrogens with two attached hydrogens (primary N) is 2. The van der Waals surface area contributed by atoms with Gasteiger partial charge in [0.1, 0.15) is 5.69 Å². The van der Waals surface area contributed by atoms with Gasteiger partial charge in [0.2, 0.25) is 0 Å². The van der Waals surface area contributed by atoms with E-state index in [1.807, 2.05) is 10.00 Å². The number of H-pyrrole nitrogens is 1. The van der Waals surface area contributed by atoms with E-state index in [0.29, 0.717) is 18.8 Å². The van der Waals surface area contributed by atoms with Gasteiger partial charge in [0.05, 0.1) is 40.8 Å². The number of carbonyl (C=O) groups is 3. The standard InChI is InChI=1S/C29H30ClF3N10O4/c30-20-11-16(39-25-26-37-13-21(43(26)8-7-36-25)19-12-38-40-23(19)29(31,32)33)3-6-18(20)27(45)41-9-10-42(17-4-1-15(34)2-5-17)22(14-41)47-28(46)24(35)44/h3,6-8,11-13,15,17,22H,1-2,4-5,9-10,14,34H2,(H2,35,44)(H,36,39)(H,38,40). The first-order valence-electron chi connectivity index (χ1n) is 14.7. The van der Waals surface area contributed by atoms with Crippen molar-refractivity contribution in [1.29, 1.82) is 0 Å². The zero-order chi connectivity index (χ0) is 33.5. The van der Waals surface area contributed by atoms with Crippen LogP contribution < -0.4 is 16.8 Å². The van der Waals surface area contributed by atoms with Crippen molar-refractivity contribution in [3.63, 3.8) is 0 Å². The number of ether oxygens (including phenoxy) is 1. The number of aromatic nitrogens is 5. The van der Waals surface area contributed by atoms with Crippen molar-refractivity contribution >= 4 is 46.5 Å². The third-order valence-corrected chi connectivity index (χ3v) is 8.72. The Balaban J connectivity index is 1.19. The second kappa shape index (κ2) is 12.8. The lowest BCUT2D eigenvalue weighted by molar-refractivity contribution is -0.173. The van der Waals surface area contributed by atoms with Crippen LogP contribution in [0.4, 0.5) is 24.7 Å². The van der Waals surface area contributed by atoms with Gasteiger partial charge in [-0.2, -0.15) is 18.3 Å². The number of anilines is 2. The second-order valence-corrected chi connectivity index (χ2v) is 11.8. The van der Waals surface area contributed by atoms with E-state index < -0.39 is 35.9 Å². The smallest absolute Gasteiger partial charge is 0.433 e. The van der Waals surface area contributed by atoms with Gasteiger partial charge in [-0.05, 0) is 43.9 Å². The van der Waals surface area contributed by atoms with E-state index in [-0.39, 0.29) is 51.9 Å². The fraction of sp³-hybridized carbons (Fsp3) is 0.379. The molecule has 1 aliphatic carbocycles. The van der Waals surface area contributed by atoms with Gasteiger partial charge < -0.3 is 26.4 Å². The Morgan fingerprint density at radius 3 is 2.55 bits per heavy atom. The van der Waals surface area contributed by atoms with Crippen molar-refractivity contribution in [2.75, 3.05) is 25.0 Å². The Hall–Kier alpha value is -4.74. The number of alkyl halides is 3. The quantitative estimate of drug-likeness (QED) is 0.175. The Kier molecular flexibility index (Phi) is 8.78. The minimum atomic E-state index is -4.65. The Bertz CT molecular complexity index is 1820. The highest BCUT2D eigenvalue weighted by Crippen LogP contribution is 2.36. The van der Waals surface area contributed by atoms with Gasteiger partial charge >= 0.3 is 18.1 Å². The largest absolute Gasteiger partial charge is 0.437 e. The molecular weight excluding hydrogens is 645 g/mol. The van der Waals surface area contributed by atoms with Crippen LogP contribution in [0.3, 0.4) is 0 Å². The molecule has 1 saturated heterocycles. The summed E-state index contributed by atoms with van der Waals surface area (Å²) < 4.78 is 47.3. The maximum Gasteiger partial charge on any atom is 0.433 e. The monoisotopic (exact) mass is 674 g/mol. The molecule has 1 aromatic carbocycles. The van der Waals surface area contributed by atoms with Gasteiger partial charge in [0, 0.05) is 43.3 Å². The molecule has 1 atom stereocenters. The number of esters is 1. The summed E-state index contributed by atoms with van der Waals surface area (Å²) in [7, 11) is 0. The van der Waals surface area contributed by atoms with Crippen LogP contribution in [0.2, 0.25) is 5.02 Å². The Morgan fingerprint density at radius 1 is 1.09 bits per heavy atom. The fourth-order valence-electron chi connectivity index (χ4n) is 6.06. The summed E-state index contributed by atoms with van der Waals surface area (Å²) in [6.45, 7) is 0.714. The van der Waals surface area contributed by atoms with Gasteiger partial charge in [-0.25, -0.2) is 14.8 Å². The molecule has 2 amide bonds. The predicted molar refractivity (Wildman–Crippen MR) is 162 cm³/mol. The third kappa shape index (κ3) is 6.59. The zero-order valence-electron chi connectivity index (χ0n) is 24.7. The lowest BCUT2D eigenvalue weighted by Gasteiger charge is -2.45. The molecule has 1 unspecified atom stereocenters. The number of nitrogens with zero attached hydrogens (tertiary/aromatic N) is 6. The highest BCUT2D eigenvalue weighted by atomic mass is 35.5. The molecule has 14 nitrogen and oxygen atoms in total. The zero-order valence-corrected chi connectivity index (χ0v) is 25.5. The maximum absolute atomic E-state index is 13.6. The number of piperazine rings is 1. The molecule has 2 fully saturated rings. The second-order valence-electron chi connectivity index (χ2n) is 11.4. The van der Waals surface area contributed by atoms with Crippen molar-refractivity contribution in [2.24, 2.45) is 11.5 Å². The summed E-state index contributed by atoms with van der Waals surface area (Å²) in [5.74, 6) is -2.60. The normalized spacial score (nSPS) is 20.7. The van der Waals surface area contributed by atoms with Gasteiger partial charge in [0.15, 0.2) is 17.7 Å². The molecule has 2 aliphatic rings. The molecular formula is C29H30ClF3N10O4. The molecule has 3 aromatic heterocycles. The minimum Gasteiger partial charge on any atom is -0.437 e. The van der Waals surface area contributed by atoms with E-state index >= 15 is 0 Å². The summed E-state index contributed by atoms with van der Waals surface area (Å²) in [6, 6.07) is 4.80. The molecule has 18 heteroatoms. The first kappa shape index (κ1) is 32.2. The average Bonchev–Trinajstić information content (AvgIpc) is 3.69. The van der Waals surface area contributed by atoms with Crippen molar-refractivity contribution in [3.8, 4) is 11.3 Å². The molecule has 6 rings (SSSR count). The van der Waals surface area contributed by atoms with Crippen molar-refractivity contribution in [2.45, 2.75) is 50.2 Å². The highest BCUT2D eigenvalue weighted by molar-refractivity contribution is 6.34. The van der Waals surface area contributed by atoms with E-state index in [4.69, 9.17) is 27.8 Å². The van der Waals surface area contributed by atoms with Crippen LogP contribution >= 0.6 is 11.6 Å². The molecule has 0 radical (unpaired) electrons. The van der Waals surface area contributed by atoms with Crippen LogP contribution in [0.15, 0.2) is 43.0 Å². The number of hydrogen-bond donors (Lipinski definition) is 4. The minimum absolute atomic E-state index is 0.00239. The Morgan fingerprint density at radius 2 is 1.85 bits per heavy atom. The van der Waals surface area contributed by atoms with E-state index in [9.17, 15) is 27.6 Å². The number of fused-ring (bicyclic) bond motifs is 1. The maximum atomic E-state index is 13.6. The number of amides is 2. The van der Waals surface area contributed by atoms with Crippen LogP contribution in [0.1, 0.15) is 41.7 Å². The summed E-state index contributed by atoms with van der Waals surface area (Å²) in [4.78, 5) is 49.2. The van der Waals surface area contributed by atoms with Crippen LogP contribution in [-0.2, 0) is 20.5 Å². The molecule has 4 heterocycles. The fourth-order valence-corrected chi connectivity index (χ4v) is 6.32. The van der Waals surface area contributed by atoms with Crippen LogP contribution in [0.5, 0.6) is 0 Å². The van der Waals surface area contributed by atoms with E-state index in [1.165, 1.54) is 40.0 Å². The van der Waals surface area contributed by atoms with E-state index in [2.05, 4.69) is 20.4 Å². The number of benzene rings is 1. The van der Waals surface area contributed by atoms with Gasteiger partial charge in [-0.1, -0.05) is 11.6 Å². The number of nitrogens with one attached hydrogen (secondary N) is 2. The number of halogens is 4. The van der Waals surface area contributed by atoms with Gasteiger partial charge in [0.25, 0.3) is 5.91 Å². The molecule has 248 valence electrons. The molecule has 6 N–H and O–H groups in total. The Labute approximate surface area is 270 Å². The van der Waals surface area contributed by atoms with Crippen LogP contribution in [0.25, 0.3) is 16.9 Å². The first-order valence-corrected chi connectivity index (χ1v) is 15.1. The summed E-state index contributed by atoms with van der Waals surface area (Å²) in [5, 5.41) is 8.70. The van der Waals surface area contributed by atoms with E-state index in [0.717, 1.165) is 31.9 Å². The van der Waals surface area contributed by atoms with Gasteiger partial charge in [-0.3, -0.25) is 24.0 Å². The lowest BCUT2D eigenvalue weighted by atomic mass is 9.90. The molecule has 1 aliphatic heterocycles. The first-order chi connectivity index (χ1) is 22.4. The molecule has 1 saturated carbocycles. The molecule has 0 spiro atoms. The number of carbonyl (C=O) groups excluding carboxylic acids is 3. The van der Waals surface area contributed by atoms with Crippen LogP contribution in [0, 0.1) is 0 Å². The lowest BCUT2D eigenvalue weighted by Crippen LogP contribution is -2.60. The van der Waals surface area contributed by atoms with Crippen molar-refractivity contribution in [3.05, 3.63) is 59.3 Å². The number of imidazole rings is 1. The molecule has 0 bridgehead atoms. The summed E-state index contributed by atoms with van der Waals surface area (Å²) in [5.41, 5.74) is 11.0. The number of hydrogen-bond acceptors (Lipinski definition) is 10. The van der Waals surface area contributed by atoms with Crippen molar-refractivity contribution in [1.82, 2.24) is 34.4 Å². The van der Waals surface area contributed by atoms with Crippen LogP contribution in [-0.4, -0.2) is 90.1 Å². The summed E-state index contributed by atoms with van der Waals surface area (Å²) in [6.07, 6.45) is 2.91. The number of rotatable bonds is 6. The van der Waals surface area contributed by atoms with Crippen molar-refractivity contribution < 1.29 is 32.3 Å². The molecule has 47 heavy (non-hydrogen) atoms. The van der Waals surface area contributed by atoms with Gasteiger partial charge in [-0.15, -0.1) is 0 Å². The average molecular weight is 675 g/mol. The summed E-state index contributed by atoms with van der Waals surface area (Å²) >= 11 is 6.57.